The molecule has 0 saturated heterocycles. The molecule has 0 bridgehead atoms. The molecule has 0 spiro atoms. The molecule has 0 radical (unpaired) electrons. The van der Waals surface area contributed by atoms with Gasteiger partial charge in [0.1, 0.15) is 5.69 Å². The fraction of sp³-hybridized carbons (Fsp3) is 0. The molecular weight excluding hydrogens is 418 g/mol. The Hall–Kier alpha value is -4.10. The van der Waals surface area contributed by atoms with Crippen LogP contribution in [-0.4, -0.2) is 20.5 Å². The van der Waals surface area contributed by atoms with E-state index in [0.29, 0.717) is 21.8 Å². The molecule has 4 rings (SSSR count). The van der Waals surface area contributed by atoms with E-state index in [4.69, 9.17) is 11.6 Å². The maximum Gasteiger partial charge on any atom is 0.279 e. The van der Waals surface area contributed by atoms with Crippen molar-refractivity contribution in [1.29, 1.82) is 0 Å². The first-order chi connectivity index (χ1) is 14.9. The second-order valence-corrected chi connectivity index (χ2v) is 7.07. The monoisotopic (exact) mass is 431 g/mol. The van der Waals surface area contributed by atoms with Gasteiger partial charge in [-0.25, -0.2) is 0 Å². The molecule has 7 nitrogen and oxygen atoms in total. The van der Waals surface area contributed by atoms with Crippen molar-refractivity contribution in [1.82, 2.24) is 9.78 Å². The molecule has 0 fully saturated rings. The lowest BCUT2D eigenvalue weighted by atomic mass is 10.0. The second-order valence-electron chi connectivity index (χ2n) is 6.64. The number of non-ortho nitro benzene ring substituents is 1. The Kier molecular flexibility index (Phi) is 5.43. The number of hydrogen-bond acceptors (Lipinski definition) is 5. The van der Waals surface area contributed by atoms with Crippen LogP contribution >= 0.6 is 11.6 Å². The van der Waals surface area contributed by atoms with Crippen molar-refractivity contribution in [3.8, 4) is 16.8 Å². The van der Waals surface area contributed by atoms with Crippen molar-refractivity contribution < 1.29 is 9.72 Å². The van der Waals surface area contributed by atoms with E-state index in [0.717, 1.165) is 4.68 Å². The molecule has 0 aliphatic heterocycles. The molecule has 4 aromatic rings. The van der Waals surface area contributed by atoms with Gasteiger partial charge >= 0.3 is 0 Å². The van der Waals surface area contributed by atoms with Gasteiger partial charge in [0.15, 0.2) is 0 Å². The Morgan fingerprint density at radius 1 is 0.935 bits per heavy atom. The van der Waals surface area contributed by atoms with Gasteiger partial charge in [-0.15, -0.1) is 0 Å². The molecule has 0 amide bonds. The maximum atomic E-state index is 13.2. The number of halogens is 1. The summed E-state index contributed by atoms with van der Waals surface area (Å²) in [6.45, 7) is 0. The number of carbonyl (C=O) groups excluding carboxylic acids is 1. The molecular formula is C23H14ClN3O4. The van der Waals surface area contributed by atoms with Crippen LogP contribution in [-0.2, 0) is 0 Å². The fourth-order valence-corrected chi connectivity index (χ4v) is 3.20. The summed E-state index contributed by atoms with van der Waals surface area (Å²) in [6.07, 6.45) is 0. The summed E-state index contributed by atoms with van der Waals surface area (Å²) in [5, 5.41) is 15.7. The van der Waals surface area contributed by atoms with Gasteiger partial charge in [-0.3, -0.25) is 19.7 Å². The van der Waals surface area contributed by atoms with Crippen LogP contribution in [0.1, 0.15) is 16.1 Å². The molecule has 0 saturated carbocycles. The highest BCUT2D eigenvalue weighted by Gasteiger charge is 2.18. The van der Waals surface area contributed by atoms with Gasteiger partial charge < -0.3 is 0 Å². The van der Waals surface area contributed by atoms with E-state index in [2.05, 4.69) is 5.10 Å². The molecule has 0 atom stereocenters. The van der Waals surface area contributed by atoms with Crippen molar-refractivity contribution in [2.75, 3.05) is 0 Å². The zero-order valence-corrected chi connectivity index (χ0v) is 16.7. The van der Waals surface area contributed by atoms with Crippen LogP contribution in [0.5, 0.6) is 0 Å². The van der Waals surface area contributed by atoms with E-state index in [1.807, 2.05) is 0 Å². The van der Waals surface area contributed by atoms with Crippen LogP contribution < -0.4 is 5.56 Å². The van der Waals surface area contributed by atoms with E-state index >= 15 is 0 Å². The van der Waals surface area contributed by atoms with Crippen molar-refractivity contribution in [3.05, 3.63) is 122 Å². The lowest BCUT2D eigenvalue weighted by molar-refractivity contribution is -0.384. The first-order valence-electron chi connectivity index (χ1n) is 9.19. The number of benzene rings is 3. The van der Waals surface area contributed by atoms with Gasteiger partial charge in [-0.1, -0.05) is 41.9 Å². The minimum absolute atomic E-state index is 0.0640. The summed E-state index contributed by atoms with van der Waals surface area (Å²) >= 11 is 5.95. The molecule has 1 heterocycles. The van der Waals surface area contributed by atoms with Crippen molar-refractivity contribution >= 4 is 23.1 Å². The summed E-state index contributed by atoms with van der Waals surface area (Å²) in [7, 11) is 0. The number of nitrogens with zero attached hydrogens (tertiary/aromatic N) is 3. The number of carbonyl (C=O) groups is 1. The Morgan fingerprint density at radius 2 is 1.58 bits per heavy atom. The zero-order chi connectivity index (χ0) is 22.0. The van der Waals surface area contributed by atoms with Crippen LogP contribution in [0, 0.1) is 10.1 Å². The van der Waals surface area contributed by atoms with Gasteiger partial charge in [0.05, 0.1) is 16.2 Å². The van der Waals surface area contributed by atoms with Crippen LogP contribution in [0.25, 0.3) is 16.8 Å². The SMILES string of the molecule is O=C(c1ccccc1)c1cc(-c2ccc([N+](=O)[O-])cc2)c(=O)n(-c2ccc(Cl)cc2)n1. The zero-order valence-electron chi connectivity index (χ0n) is 15.9. The number of ketones is 1. The normalized spacial score (nSPS) is 10.6. The molecule has 1 aromatic heterocycles. The summed E-state index contributed by atoms with van der Waals surface area (Å²) in [4.78, 5) is 36.7. The summed E-state index contributed by atoms with van der Waals surface area (Å²) in [5.41, 5.74) is 0.972. The Bertz CT molecular complexity index is 1330. The van der Waals surface area contributed by atoms with Crippen molar-refractivity contribution in [2.24, 2.45) is 0 Å². The largest absolute Gasteiger partial charge is 0.287 e. The van der Waals surface area contributed by atoms with Gasteiger partial charge in [0.2, 0.25) is 5.78 Å². The lowest BCUT2D eigenvalue weighted by Gasteiger charge is -2.11. The van der Waals surface area contributed by atoms with Crippen LogP contribution in [0.15, 0.2) is 89.7 Å². The topological polar surface area (TPSA) is 95.1 Å². The van der Waals surface area contributed by atoms with Gasteiger partial charge in [0.25, 0.3) is 11.2 Å². The Labute approximate surface area is 181 Å². The summed E-state index contributed by atoms with van der Waals surface area (Å²) in [6, 6.07) is 22.0. The average Bonchev–Trinajstić information content (AvgIpc) is 2.80. The minimum Gasteiger partial charge on any atom is -0.287 e. The van der Waals surface area contributed by atoms with Gasteiger partial charge in [-0.2, -0.15) is 9.78 Å². The molecule has 0 N–H and O–H groups in total. The van der Waals surface area contributed by atoms with E-state index in [1.165, 1.54) is 30.3 Å². The highest BCUT2D eigenvalue weighted by Crippen LogP contribution is 2.22. The van der Waals surface area contributed by atoms with Gasteiger partial charge in [-0.05, 0) is 48.0 Å². The van der Waals surface area contributed by atoms with Crippen LogP contribution in [0.4, 0.5) is 5.69 Å². The third-order valence-electron chi connectivity index (χ3n) is 4.64. The number of rotatable bonds is 5. The van der Waals surface area contributed by atoms with E-state index < -0.39 is 10.5 Å². The molecule has 0 unspecified atom stereocenters. The number of aromatic nitrogens is 2. The predicted octanol–water partition coefficient (Wildman–Crippen LogP) is 4.69. The third-order valence-corrected chi connectivity index (χ3v) is 4.89. The Balaban J connectivity index is 1.92. The number of nitro groups is 1. The first-order valence-corrected chi connectivity index (χ1v) is 9.57. The molecule has 0 aliphatic rings. The van der Waals surface area contributed by atoms with Crippen molar-refractivity contribution in [2.45, 2.75) is 0 Å². The molecule has 31 heavy (non-hydrogen) atoms. The second kappa shape index (κ2) is 8.33. The maximum absolute atomic E-state index is 13.2. The summed E-state index contributed by atoms with van der Waals surface area (Å²) < 4.78 is 1.13. The van der Waals surface area contributed by atoms with Crippen LogP contribution in [0.3, 0.4) is 0 Å². The Morgan fingerprint density at radius 3 is 2.19 bits per heavy atom. The van der Waals surface area contributed by atoms with Crippen LogP contribution in [0.2, 0.25) is 5.02 Å². The average molecular weight is 432 g/mol. The number of nitro benzene ring substituents is 1. The number of hydrogen-bond donors (Lipinski definition) is 0. The smallest absolute Gasteiger partial charge is 0.279 e. The molecule has 8 heteroatoms. The standard InChI is InChI=1S/C23H14ClN3O4/c24-17-8-12-18(13-9-17)26-23(29)20(15-6-10-19(11-7-15)27(30)31)14-21(25-26)22(28)16-4-2-1-3-5-16/h1-14H. The lowest BCUT2D eigenvalue weighted by Crippen LogP contribution is -2.25. The molecule has 0 aliphatic carbocycles. The summed E-state index contributed by atoms with van der Waals surface area (Å²) in [5.74, 6) is -0.355. The molecule has 152 valence electrons. The minimum atomic E-state index is -0.521. The fourth-order valence-electron chi connectivity index (χ4n) is 3.07. The molecule has 3 aromatic carbocycles. The van der Waals surface area contributed by atoms with Crippen molar-refractivity contribution in [3.63, 3.8) is 0 Å². The first kappa shape index (κ1) is 20.2. The predicted molar refractivity (Wildman–Crippen MR) is 117 cm³/mol. The highest BCUT2D eigenvalue weighted by molar-refractivity contribution is 6.30. The highest BCUT2D eigenvalue weighted by atomic mass is 35.5. The third kappa shape index (κ3) is 4.12. The van der Waals surface area contributed by atoms with E-state index in [-0.39, 0.29) is 22.7 Å². The quantitative estimate of drug-likeness (QED) is 0.259. The van der Waals surface area contributed by atoms with E-state index in [1.54, 1.807) is 54.6 Å². The van der Waals surface area contributed by atoms with E-state index in [9.17, 15) is 19.7 Å². The van der Waals surface area contributed by atoms with Gasteiger partial charge in [0, 0.05) is 22.7 Å².